The molecule has 0 atom stereocenters. The third kappa shape index (κ3) is 5.07. The molecule has 1 aliphatic heterocycles. The molecule has 0 spiro atoms. The molecule has 7 nitrogen and oxygen atoms in total. The largest absolute Gasteiger partial charge is 0.435 e. The first-order valence-electron chi connectivity index (χ1n) is 11.1. The molecule has 11 heteroatoms. The number of aromatic nitrogens is 2. The van der Waals surface area contributed by atoms with Crippen LogP contribution in [-0.4, -0.2) is 47.1 Å². The molecule has 1 saturated heterocycles. The average molecular weight is 500 g/mol. The van der Waals surface area contributed by atoms with E-state index in [1.165, 1.54) is 18.2 Å². The number of fused-ring (bicyclic) bond motifs is 1. The van der Waals surface area contributed by atoms with Crippen LogP contribution in [0.5, 0.6) is 0 Å². The molecule has 186 valence electrons. The number of nitrogens with one attached hydrogen (secondary N) is 1. The number of pyridine rings is 1. The minimum atomic E-state index is -4.75. The predicted molar refractivity (Wildman–Crippen MR) is 123 cm³/mol. The fourth-order valence-corrected chi connectivity index (χ4v) is 3.99. The van der Waals surface area contributed by atoms with Crippen LogP contribution in [0.4, 0.5) is 23.4 Å². The highest BCUT2D eigenvalue weighted by molar-refractivity contribution is 6.10. The van der Waals surface area contributed by atoms with Crippen LogP contribution in [0.1, 0.15) is 21.6 Å². The minimum absolute atomic E-state index is 0.0214. The quantitative estimate of drug-likeness (QED) is 0.383. The zero-order chi connectivity index (χ0) is 25.3. The third-order valence-corrected chi connectivity index (χ3v) is 5.71. The number of carbonyl (C=O) groups is 1. The van der Waals surface area contributed by atoms with Gasteiger partial charge in [-0.3, -0.25) is 9.69 Å². The van der Waals surface area contributed by atoms with Gasteiger partial charge in [0, 0.05) is 19.6 Å². The molecule has 36 heavy (non-hydrogen) atoms. The smallest absolute Gasteiger partial charge is 0.417 e. The van der Waals surface area contributed by atoms with Gasteiger partial charge in [-0.05, 0) is 42.5 Å². The lowest BCUT2D eigenvalue weighted by molar-refractivity contribution is -0.137. The molecule has 1 N–H and O–H groups in total. The SMILES string of the molecule is O=C(Nc1cccc(CN2CCOCC2)n1)c1cccc2nc(-c3cc(F)ccc3C(F)(F)F)oc12. The molecular weight excluding hydrogens is 480 g/mol. The Hall–Kier alpha value is -3.83. The van der Waals surface area contributed by atoms with Gasteiger partial charge in [-0.2, -0.15) is 13.2 Å². The molecule has 4 aromatic rings. The number of rotatable bonds is 5. The van der Waals surface area contributed by atoms with Crippen molar-refractivity contribution in [1.82, 2.24) is 14.9 Å². The Morgan fingerprint density at radius 2 is 1.81 bits per heavy atom. The Kier molecular flexibility index (Phi) is 6.42. The molecule has 2 aromatic carbocycles. The molecule has 0 saturated carbocycles. The number of oxazole rings is 1. The number of anilines is 1. The van der Waals surface area contributed by atoms with Crippen LogP contribution in [-0.2, 0) is 17.5 Å². The van der Waals surface area contributed by atoms with E-state index in [-0.39, 0.29) is 16.7 Å². The third-order valence-electron chi connectivity index (χ3n) is 5.71. The van der Waals surface area contributed by atoms with E-state index in [2.05, 4.69) is 20.2 Å². The van der Waals surface area contributed by atoms with Gasteiger partial charge in [-0.15, -0.1) is 0 Å². The molecule has 5 rings (SSSR count). The fourth-order valence-electron chi connectivity index (χ4n) is 3.99. The molecule has 0 aliphatic carbocycles. The van der Waals surface area contributed by atoms with Crippen molar-refractivity contribution in [3.05, 3.63) is 77.2 Å². The molecule has 0 radical (unpaired) electrons. The monoisotopic (exact) mass is 500 g/mol. The summed E-state index contributed by atoms with van der Waals surface area (Å²) in [6.45, 7) is 3.48. The number of benzene rings is 2. The number of morpholine rings is 1. The van der Waals surface area contributed by atoms with E-state index in [0.717, 1.165) is 18.8 Å². The van der Waals surface area contributed by atoms with Crippen molar-refractivity contribution in [2.45, 2.75) is 12.7 Å². The summed E-state index contributed by atoms with van der Waals surface area (Å²) in [5.41, 5.74) is -0.696. The normalized spacial score (nSPS) is 14.8. The van der Waals surface area contributed by atoms with Crippen LogP contribution in [0.15, 0.2) is 59.0 Å². The second kappa shape index (κ2) is 9.67. The first kappa shape index (κ1) is 23.9. The average Bonchev–Trinajstić information content (AvgIpc) is 3.28. The number of alkyl halides is 3. The fraction of sp³-hybridized carbons (Fsp3) is 0.240. The van der Waals surface area contributed by atoms with Crippen molar-refractivity contribution >= 4 is 22.8 Å². The first-order chi connectivity index (χ1) is 17.3. The molecular formula is C25H20F4N4O3. The maximum atomic E-state index is 13.8. The second-order valence-electron chi connectivity index (χ2n) is 8.22. The van der Waals surface area contributed by atoms with Gasteiger partial charge in [-0.1, -0.05) is 12.1 Å². The highest BCUT2D eigenvalue weighted by Gasteiger charge is 2.35. The Morgan fingerprint density at radius 3 is 2.58 bits per heavy atom. The summed E-state index contributed by atoms with van der Waals surface area (Å²) in [6, 6.07) is 11.8. The maximum Gasteiger partial charge on any atom is 0.417 e. The van der Waals surface area contributed by atoms with E-state index in [1.807, 2.05) is 6.07 Å². The topological polar surface area (TPSA) is 80.5 Å². The predicted octanol–water partition coefficient (Wildman–Crippen LogP) is 5.13. The summed E-state index contributed by atoms with van der Waals surface area (Å²) >= 11 is 0. The second-order valence-corrected chi connectivity index (χ2v) is 8.22. The zero-order valence-corrected chi connectivity index (χ0v) is 18.8. The van der Waals surface area contributed by atoms with Crippen LogP contribution >= 0.6 is 0 Å². The lowest BCUT2D eigenvalue weighted by Crippen LogP contribution is -2.35. The summed E-state index contributed by atoms with van der Waals surface area (Å²) in [6.07, 6.45) is -4.75. The van der Waals surface area contributed by atoms with E-state index < -0.39 is 34.9 Å². The van der Waals surface area contributed by atoms with Crippen LogP contribution < -0.4 is 5.32 Å². The highest BCUT2D eigenvalue weighted by Crippen LogP contribution is 2.38. The van der Waals surface area contributed by atoms with E-state index >= 15 is 0 Å². The Balaban J connectivity index is 1.43. The van der Waals surface area contributed by atoms with Crippen molar-refractivity contribution in [2.24, 2.45) is 0 Å². The number of nitrogens with zero attached hydrogens (tertiary/aromatic N) is 3. The molecule has 1 aliphatic rings. The lowest BCUT2D eigenvalue weighted by Gasteiger charge is -2.26. The van der Waals surface area contributed by atoms with Crippen LogP contribution in [0.3, 0.4) is 0 Å². The van der Waals surface area contributed by atoms with E-state index in [1.54, 1.807) is 12.1 Å². The van der Waals surface area contributed by atoms with Crippen molar-refractivity contribution < 1.29 is 31.5 Å². The lowest BCUT2D eigenvalue weighted by atomic mass is 10.1. The highest BCUT2D eigenvalue weighted by atomic mass is 19.4. The van der Waals surface area contributed by atoms with Crippen LogP contribution in [0.25, 0.3) is 22.6 Å². The molecule has 2 aromatic heterocycles. The van der Waals surface area contributed by atoms with Gasteiger partial charge in [-0.25, -0.2) is 14.4 Å². The van der Waals surface area contributed by atoms with E-state index in [9.17, 15) is 22.4 Å². The van der Waals surface area contributed by atoms with Crippen molar-refractivity contribution in [2.75, 3.05) is 31.6 Å². The van der Waals surface area contributed by atoms with Gasteiger partial charge in [0.2, 0.25) is 5.89 Å². The summed E-state index contributed by atoms with van der Waals surface area (Å²) in [5, 5.41) is 2.70. The first-order valence-corrected chi connectivity index (χ1v) is 11.1. The Labute approximate surface area is 202 Å². The number of para-hydroxylation sites is 1. The molecule has 0 bridgehead atoms. The van der Waals surface area contributed by atoms with E-state index in [4.69, 9.17) is 9.15 Å². The minimum Gasteiger partial charge on any atom is -0.435 e. The molecule has 1 amide bonds. The van der Waals surface area contributed by atoms with Gasteiger partial charge < -0.3 is 14.5 Å². The summed E-state index contributed by atoms with van der Waals surface area (Å²) < 4.78 is 65.2. The molecule has 1 fully saturated rings. The number of carbonyl (C=O) groups excluding carboxylic acids is 1. The summed E-state index contributed by atoms with van der Waals surface area (Å²) in [4.78, 5) is 23.8. The maximum absolute atomic E-state index is 13.8. The number of halogens is 4. The molecule has 3 heterocycles. The number of hydrogen-bond acceptors (Lipinski definition) is 6. The van der Waals surface area contributed by atoms with Crippen molar-refractivity contribution in [3.63, 3.8) is 0 Å². The number of amides is 1. The summed E-state index contributed by atoms with van der Waals surface area (Å²) in [5.74, 6) is -1.58. The standard InChI is InChI=1S/C25H20F4N4O3/c26-15-7-8-19(25(27,28)29)18(13-15)24-31-20-5-2-4-17(22(20)36-24)23(34)32-21-6-1-3-16(30-21)14-33-9-11-35-12-10-33/h1-8,13H,9-12,14H2,(H,30,32,34). The van der Waals surface area contributed by atoms with Crippen LogP contribution in [0.2, 0.25) is 0 Å². The van der Waals surface area contributed by atoms with E-state index in [0.29, 0.717) is 43.8 Å². The van der Waals surface area contributed by atoms with Gasteiger partial charge in [0.1, 0.15) is 17.2 Å². The van der Waals surface area contributed by atoms with Crippen molar-refractivity contribution in [1.29, 1.82) is 0 Å². The number of ether oxygens (including phenoxy) is 1. The summed E-state index contributed by atoms with van der Waals surface area (Å²) in [7, 11) is 0. The Morgan fingerprint density at radius 1 is 1.03 bits per heavy atom. The zero-order valence-electron chi connectivity index (χ0n) is 18.8. The van der Waals surface area contributed by atoms with Crippen LogP contribution in [0, 0.1) is 5.82 Å². The van der Waals surface area contributed by atoms with Crippen molar-refractivity contribution in [3.8, 4) is 11.5 Å². The Bertz CT molecular complexity index is 1410. The number of hydrogen-bond donors (Lipinski definition) is 1. The molecule has 0 unspecified atom stereocenters. The van der Waals surface area contributed by atoms with Gasteiger partial charge >= 0.3 is 6.18 Å². The van der Waals surface area contributed by atoms with Gasteiger partial charge in [0.05, 0.1) is 35.6 Å². The van der Waals surface area contributed by atoms with Gasteiger partial charge in [0.15, 0.2) is 5.58 Å². The van der Waals surface area contributed by atoms with Gasteiger partial charge in [0.25, 0.3) is 5.91 Å².